The molecule has 0 spiro atoms. The third-order valence-electron chi connectivity index (χ3n) is 3.81. The molecule has 0 atom stereocenters. The molecule has 2 nitrogen and oxygen atoms in total. The number of aryl methyl sites for hydroxylation is 2. The molecule has 0 aliphatic rings. The van der Waals surface area contributed by atoms with Crippen LogP contribution in [0.3, 0.4) is 0 Å². The number of pyridine rings is 2. The molecule has 0 unspecified atom stereocenters. The first kappa shape index (κ1) is 12.5. The van der Waals surface area contributed by atoms with E-state index in [-0.39, 0.29) is 0 Å². The Kier molecular flexibility index (Phi) is 2.57. The molecule has 0 radical (unpaired) electrons. The summed E-state index contributed by atoms with van der Waals surface area (Å²) < 4.78 is 2.15. The molecular weight excluding hydrogens is 380 g/mol. The predicted molar refractivity (Wildman–Crippen MR) is 90.6 cm³/mol. The van der Waals surface area contributed by atoms with Crippen LogP contribution >= 0.6 is 31.9 Å². The van der Waals surface area contributed by atoms with Crippen LogP contribution in [-0.2, 0) is 0 Å². The second-order valence-electron chi connectivity index (χ2n) is 5.03. The van der Waals surface area contributed by atoms with Gasteiger partial charge in [-0.2, -0.15) is 0 Å². The number of hydrogen-bond donors (Lipinski definition) is 0. The number of halogens is 2. The third-order valence-corrected chi connectivity index (χ3v) is 5.14. The molecule has 0 N–H and O–H groups in total. The van der Waals surface area contributed by atoms with Gasteiger partial charge >= 0.3 is 0 Å². The smallest absolute Gasteiger partial charge is 0.0719 e. The zero-order valence-electron chi connectivity index (χ0n) is 11.0. The maximum atomic E-state index is 4.77. The highest BCUT2D eigenvalue weighted by atomic mass is 79.9. The van der Waals surface area contributed by atoms with E-state index < -0.39 is 0 Å². The number of benzene rings is 2. The van der Waals surface area contributed by atoms with Gasteiger partial charge in [-0.1, -0.05) is 31.9 Å². The minimum Gasteiger partial charge on any atom is -0.252 e. The Morgan fingerprint density at radius 1 is 0.650 bits per heavy atom. The van der Waals surface area contributed by atoms with Crippen LogP contribution in [0.25, 0.3) is 32.6 Å². The van der Waals surface area contributed by atoms with Gasteiger partial charge in [0.05, 0.1) is 11.0 Å². The molecule has 4 rings (SSSR count). The lowest BCUT2D eigenvalue weighted by Gasteiger charge is -2.15. The summed E-state index contributed by atoms with van der Waals surface area (Å²) in [6.45, 7) is 4.10. The van der Waals surface area contributed by atoms with Crippen LogP contribution in [-0.4, -0.2) is 9.97 Å². The highest BCUT2D eigenvalue weighted by Crippen LogP contribution is 2.40. The van der Waals surface area contributed by atoms with Gasteiger partial charge in [-0.15, -0.1) is 0 Å². The van der Waals surface area contributed by atoms with Crippen molar-refractivity contribution in [2.75, 3.05) is 0 Å². The fourth-order valence-corrected chi connectivity index (χ4v) is 4.24. The van der Waals surface area contributed by atoms with E-state index in [1.165, 1.54) is 10.8 Å². The van der Waals surface area contributed by atoms with E-state index in [2.05, 4.69) is 70.0 Å². The molecule has 0 amide bonds. The zero-order chi connectivity index (χ0) is 14.0. The summed E-state index contributed by atoms with van der Waals surface area (Å²) in [4.78, 5) is 9.54. The van der Waals surface area contributed by atoms with E-state index in [0.29, 0.717) is 0 Å². The Hall–Kier alpha value is -1.26. The van der Waals surface area contributed by atoms with Gasteiger partial charge in [0.2, 0.25) is 0 Å². The van der Waals surface area contributed by atoms with Gasteiger partial charge in [0, 0.05) is 41.9 Å². The first-order valence-corrected chi connectivity index (χ1v) is 7.93. The highest BCUT2D eigenvalue weighted by molar-refractivity contribution is 9.11. The molecule has 2 aromatic carbocycles. The van der Waals surface area contributed by atoms with Crippen LogP contribution in [0.4, 0.5) is 0 Å². The maximum absolute atomic E-state index is 4.77. The molecule has 2 heterocycles. The van der Waals surface area contributed by atoms with Crippen LogP contribution in [0.1, 0.15) is 11.4 Å². The maximum Gasteiger partial charge on any atom is 0.0719 e. The highest BCUT2D eigenvalue weighted by Gasteiger charge is 2.17. The summed E-state index contributed by atoms with van der Waals surface area (Å²) in [5, 5.41) is 4.71. The van der Waals surface area contributed by atoms with Gasteiger partial charge in [0.15, 0.2) is 0 Å². The fourth-order valence-electron chi connectivity index (χ4n) is 3.01. The Morgan fingerprint density at radius 2 is 1.05 bits per heavy atom. The average molecular weight is 390 g/mol. The van der Waals surface area contributed by atoms with Gasteiger partial charge in [0.1, 0.15) is 0 Å². The molecule has 0 aliphatic heterocycles. The van der Waals surface area contributed by atoms with Crippen molar-refractivity contribution in [1.29, 1.82) is 0 Å². The summed E-state index contributed by atoms with van der Waals surface area (Å²) in [7, 11) is 0. The van der Waals surface area contributed by atoms with E-state index in [0.717, 1.165) is 42.1 Å². The molecule has 0 saturated heterocycles. The number of rotatable bonds is 0. The molecule has 0 fully saturated rings. The lowest BCUT2D eigenvalue weighted by atomic mass is 9.98. The topological polar surface area (TPSA) is 25.8 Å². The molecule has 20 heavy (non-hydrogen) atoms. The van der Waals surface area contributed by atoms with Crippen molar-refractivity contribution in [3.05, 3.63) is 44.6 Å². The molecule has 4 aromatic rings. The van der Waals surface area contributed by atoms with Gasteiger partial charge in [0.25, 0.3) is 0 Å². The van der Waals surface area contributed by atoms with E-state index >= 15 is 0 Å². The molecule has 0 aliphatic carbocycles. The van der Waals surface area contributed by atoms with Crippen molar-refractivity contribution < 1.29 is 0 Å². The predicted octanol–water partition coefficient (Wildman–Crippen LogP) is 5.52. The first-order valence-electron chi connectivity index (χ1n) is 6.34. The summed E-state index contributed by atoms with van der Waals surface area (Å²) in [6, 6.07) is 8.24. The zero-order valence-corrected chi connectivity index (χ0v) is 14.1. The van der Waals surface area contributed by atoms with Crippen LogP contribution in [0, 0.1) is 13.8 Å². The van der Waals surface area contributed by atoms with E-state index in [1.807, 2.05) is 0 Å². The molecular formula is C16H10Br2N2. The first-order chi connectivity index (χ1) is 9.58. The standard InChI is InChI=1S/C16H10Br2N2/c1-7-13-9(17)3-6-12-15(13)16-11(19-7)5-4-10(18)14(16)8(2)20-12/h3-6H,1-2H3. The largest absolute Gasteiger partial charge is 0.252 e. The molecule has 0 saturated carbocycles. The van der Waals surface area contributed by atoms with Gasteiger partial charge < -0.3 is 0 Å². The van der Waals surface area contributed by atoms with Crippen molar-refractivity contribution >= 4 is 64.4 Å². The van der Waals surface area contributed by atoms with Crippen molar-refractivity contribution in [2.45, 2.75) is 13.8 Å². The van der Waals surface area contributed by atoms with Crippen LogP contribution in [0.5, 0.6) is 0 Å². The Labute approximate surface area is 132 Å². The molecule has 0 bridgehead atoms. The van der Waals surface area contributed by atoms with Crippen molar-refractivity contribution in [2.24, 2.45) is 0 Å². The lowest BCUT2D eigenvalue weighted by Crippen LogP contribution is -1.96. The van der Waals surface area contributed by atoms with Crippen LogP contribution < -0.4 is 0 Å². The molecule has 98 valence electrons. The minimum atomic E-state index is 1.03. The van der Waals surface area contributed by atoms with E-state index in [4.69, 9.17) is 9.97 Å². The molecule has 2 aromatic heterocycles. The van der Waals surface area contributed by atoms with Crippen LogP contribution in [0.15, 0.2) is 33.2 Å². The normalized spacial score (nSPS) is 12.0. The van der Waals surface area contributed by atoms with Crippen molar-refractivity contribution in [3.63, 3.8) is 0 Å². The number of aromatic nitrogens is 2. The lowest BCUT2D eigenvalue weighted by molar-refractivity contribution is 1.26. The summed E-state index contributed by atoms with van der Waals surface area (Å²) in [5.41, 5.74) is 4.12. The Morgan fingerprint density at radius 3 is 1.45 bits per heavy atom. The summed E-state index contributed by atoms with van der Waals surface area (Å²) in [6.07, 6.45) is 0. The summed E-state index contributed by atoms with van der Waals surface area (Å²) >= 11 is 7.30. The van der Waals surface area contributed by atoms with Gasteiger partial charge in [-0.25, -0.2) is 0 Å². The Balaban J connectivity index is 2.50. The van der Waals surface area contributed by atoms with Gasteiger partial charge in [-0.05, 0) is 38.1 Å². The number of nitrogens with zero attached hydrogens (tertiary/aromatic N) is 2. The monoisotopic (exact) mass is 388 g/mol. The third kappa shape index (κ3) is 1.49. The second-order valence-corrected chi connectivity index (χ2v) is 6.74. The average Bonchev–Trinajstić information content (AvgIpc) is 2.41. The van der Waals surface area contributed by atoms with Crippen LogP contribution in [0.2, 0.25) is 0 Å². The second kappa shape index (κ2) is 4.12. The summed E-state index contributed by atoms with van der Waals surface area (Å²) in [5.74, 6) is 0. The SMILES string of the molecule is Cc1nc2ccc(Br)c3c(C)nc4ccc(Br)c1c4c23. The minimum absolute atomic E-state index is 1.03. The Bertz CT molecular complexity index is 911. The van der Waals surface area contributed by atoms with Crippen molar-refractivity contribution in [1.82, 2.24) is 9.97 Å². The molecule has 4 heteroatoms. The number of hydrogen-bond acceptors (Lipinski definition) is 2. The van der Waals surface area contributed by atoms with Gasteiger partial charge in [-0.3, -0.25) is 9.97 Å². The fraction of sp³-hybridized carbons (Fsp3) is 0.125. The quantitative estimate of drug-likeness (QED) is 0.370. The van der Waals surface area contributed by atoms with Crippen molar-refractivity contribution in [3.8, 4) is 0 Å². The van der Waals surface area contributed by atoms with E-state index in [1.54, 1.807) is 0 Å². The van der Waals surface area contributed by atoms with E-state index in [9.17, 15) is 0 Å².